The summed E-state index contributed by atoms with van der Waals surface area (Å²) >= 11 is 4.34. The van der Waals surface area contributed by atoms with Crippen LogP contribution in [0.15, 0.2) is 42.0 Å². The number of ether oxygens (including phenoxy) is 2. The number of nitrogens with one attached hydrogen (secondary N) is 1. The molecule has 0 unspecified atom stereocenters. The largest absolute Gasteiger partial charge is 0.490 e. The summed E-state index contributed by atoms with van der Waals surface area (Å²) < 4.78 is 13.5. The van der Waals surface area contributed by atoms with Crippen molar-refractivity contribution in [2.45, 2.75) is 13.5 Å². The van der Waals surface area contributed by atoms with Gasteiger partial charge in [-0.25, -0.2) is 4.79 Å². The number of primary amides is 1. The van der Waals surface area contributed by atoms with Crippen LogP contribution in [0.3, 0.4) is 0 Å². The molecule has 0 aliphatic heterocycles. The third kappa shape index (κ3) is 6.90. The second-order valence-corrected chi connectivity index (χ2v) is 8.07. The minimum atomic E-state index is -1.03. The highest BCUT2D eigenvalue weighted by Crippen LogP contribution is 2.35. The second kappa shape index (κ2) is 11.0. The molecule has 0 saturated heterocycles. The van der Waals surface area contributed by atoms with Crippen LogP contribution in [-0.2, 0) is 11.4 Å². The van der Waals surface area contributed by atoms with Gasteiger partial charge in [0, 0.05) is 3.57 Å². The molecule has 3 N–H and O–H groups in total. The Hall–Kier alpha value is -2.33. The maximum Gasteiger partial charge on any atom is 0.319 e. The molecule has 150 valence electrons. The van der Waals surface area contributed by atoms with E-state index >= 15 is 0 Å². The van der Waals surface area contributed by atoms with Gasteiger partial charge in [-0.1, -0.05) is 12.1 Å². The number of hydrogen-bond donors (Lipinski definition) is 2. The molecule has 0 fully saturated rings. The van der Waals surface area contributed by atoms with E-state index in [1.165, 1.54) is 6.08 Å². The molecule has 0 aromatic heterocycles. The number of nitrogens with zero attached hydrogens (tertiary/aromatic N) is 1. The van der Waals surface area contributed by atoms with Gasteiger partial charge in [0.15, 0.2) is 11.5 Å². The Balaban J connectivity index is 2.32. The molecule has 0 saturated carbocycles. The average Bonchev–Trinajstić information content (AvgIpc) is 2.66. The second-order valence-electron chi connectivity index (χ2n) is 5.67. The van der Waals surface area contributed by atoms with Crippen molar-refractivity contribution < 1.29 is 19.1 Å². The van der Waals surface area contributed by atoms with Crippen LogP contribution in [0, 0.1) is 18.5 Å². The summed E-state index contributed by atoms with van der Waals surface area (Å²) in [4.78, 5) is 22.7. The highest BCUT2D eigenvalue weighted by Gasteiger charge is 2.15. The molecule has 0 spiro atoms. The van der Waals surface area contributed by atoms with E-state index in [4.69, 9.17) is 15.2 Å². The summed E-state index contributed by atoms with van der Waals surface area (Å²) in [6, 6.07) is 12.1. The van der Waals surface area contributed by atoms with Crippen molar-refractivity contribution in [1.29, 1.82) is 5.26 Å². The first-order chi connectivity index (χ1) is 13.8. The summed E-state index contributed by atoms with van der Waals surface area (Å²) in [5.74, 6) is 0.194. The summed E-state index contributed by atoms with van der Waals surface area (Å²) in [6.07, 6.45) is 1.35. The van der Waals surface area contributed by atoms with Gasteiger partial charge in [-0.05, 0) is 93.6 Å². The van der Waals surface area contributed by atoms with Gasteiger partial charge in [-0.2, -0.15) is 5.26 Å². The first-order valence-corrected chi connectivity index (χ1v) is 10.6. The topological polar surface area (TPSA) is 114 Å². The minimum absolute atomic E-state index is 0.255. The molecule has 3 amide bonds. The van der Waals surface area contributed by atoms with E-state index in [-0.39, 0.29) is 5.57 Å². The van der Waals surface area contributed by atoms with E-state index < -0.39 is 11.9 Å². The molecule has 0 heterocycles. The van der Waals surface area contributed by atoms with Gasteiger partial charge in [0.25, 0.3) is 5.91 Å². The zero-order valence-corrected chi connectivity index (χ0v) is 19.7. The van der Waals surface area contributed by atoms with E-state index in [0.717, 1.165) is 12.7 Å². The lowest BCUT2D eigenvalue weighted by molar-refractivity contribution is -0.115. The lowest BCUT2D eigenvalue weighted by Crippen LogP contribution is -2.35. The molecule has 0 bridgehead atoms. The Morgan fingerprint density at radius 1 is 1.21 bits per heavy atom. The van der Waals surface area contributed by atoms with Crippen LogP contribution >= 0.6 is 45.2 Å². The Kier molecular flexibility index (Phi) is 8.71. The van der Waals surface area contributed by atoms with Gasteiger partial charge < -0.3 is 15.2 Å². The smallest absolute Gasteiger partial charge is 0.319 e. The monoisotopic (exact) mass is 617 g/mol. The van der Waals surface area contributed by atoms with Crippen LogP contribution in [-0.4, -0.2) is 18.5 Å². The van der Waals surface area contributed by atoms with Crippen LogP contribution in [0.4, 0.5) is 4.79 Å². The number of carbonyl (C=O) groups is 2. The quantitative estimate of drug-likeness (QED) is 0.278. The zero-order valence-electron chi connectivity index (χ0n) is 15.4. The molecular weight excluding hydrogens is 600 g/mol. The number of nitrogens with two attached hydrogens (primary N) is 1. The molecule has 2 aromatic carbocycles. The molecule has 7 nitrogen and oxygen atoms in total. The molecule has 2 rings (SSSR count). The summed E-state index contributed by atoms with van der Waals surface area (Å²) in [6.45, 7) is 2.63. The van der Waals surface area contributed by atoms with E-state index in [1.807, 2.05) is 36.5 Å². The molecule has 0 radical (unpaired) electrons. The Morgan fingerprint density at radius 2 is 1.90 bits per heavy atom. The van der Waals surface area contributed by atoms with Gasteiger partial charge in [0.1, 0.15) is 18.2 Å². The summed E-state index contributed by atoms with van der Waals surface area (Å²) in [7, 11) is 0. The number of nitriles is 1. The first-order valence-electron chi connectivity index (χ1n) is 8.40. The average molecular weight is 617 g/mol. The molecule has 0 aliphatic carbocycles. The van der Waals surface area contributed by atoms with Gasteiger partial charge in [0.2, 0.25) is 0 Å². The van der Waals surface area contributed by atoms with Crippen molar-refractivity contribution in [3.63, 3.8) is 0 Å². The standard InChI is InChI=1S/C20H17I2N3O4/c1-2-28-17-9-13(7-14(10-23)19(26)25-20(24)27)8-16(22)18(17)29-11-12-3-5-15(21)6-4-12/h3-9H,2,11H2,1H3,(H3,24,25,26,27)/b14-7-. The highest BCUT2D eigenvalue weighted by atomic mass is 127. The molecular formula is C20H17I2N3O4. The number of rotatable bonds is 7. The van der Waals surface area contributed by atoms with Crippen molar-refractivity contribution in [3.8, 4) is 17.6 Å². The highest BCUT2D eigenvalue weighted by molar-refractivity contribution is 14.1. The number of amides is 3. The lowest BCUT2D eigenvalue weighted by atomic mass is 10.1. The number of benzene rings is 2. The Labute approximate surface area is 195 Å². The fourth-order valence-corrected chi connectivity index (χ4v) is 3.45. The molecule has 0 atom stereocenters. The van der Waals surface area contributed by atoms with E-state index in [1.54, 1.807) is 18.2 Å². The van der Waals surface area contributed by atoms with E-state index in [0.29, 0.717) is 30.3 Å². The van der Waals surface area contributed by atoms with E-state index in [9.17, 15) is 14.9 Å². The normalized spacial score (nSPS) is 10.8. The number of urea groups is 1. The first kappa shape index (κ1) is 23.0. The zero-order chi connectivity index (χ0) is 21.4. The molecule has 29 heavy (non-hydrogen) atoms. The van der Waals surface area contributed by atoms with Crippen molar-refractivity contribution in [3.05, 3.63) is 60.2 Å². The molecule has 9 heteroatoms. The number of imide groups is 1. The fourth-order valence-electron chi connectivity index (χ4n) is 2.30. The summed E-state index contributed by atoms with van der Waals surface area (Å²) in [5.41, 5.74) is 6.24. The maximum atomic E-state index is 11.9. The van der Waals surface area contributed by atoms with Crippen molar-refractivity contribution in [2.75, 3.05) is 6.61 Å². The number of carbonyl (C=O) groups excluding carboxylic acids is 2. The van der Waals surface area contributed by atoms with E-state index in [2.05, 4.69) is 45.2 Å². The van der Waals surface area contributed by atoms with Crippen LogP contribution in [0.25, 0.3) is 6.08 Å². The number of halogens is 2. The van der Waals surface area contributed by atoms with Crippen LogP contribution in [0.5, 0.6) is 11.5 Å². The lowest BCUT2D eigenvalue weighted by Gasteiger charge is -2.15. The Morgan fingerprint density at radius 3 is 2.48 bits per heavy atom. The van der Waals surface area contributed by atoms with Crippen LogP contribution in [0.2, 0.25) is 0 Å². The summed E-state index contributed by atoms with van der Waals surface area (Å²) in [5, 5.41) is 11.1. The van der Waals surface area contributed by atoms with Gasteiger partial charge >= 0.3 is 6.03 Å². The number of hydrogen-bond acceptors (Lipinski definition) is 5. The Bertz CT molecular complexity index is 982. The van der Waals surface area contributed by atoms with Crippen molar-refractivity contribution >= 4 is 63.2 Å². The fraction of sp³-hybridized carbons (Fsp3) is 0.150. The van der Waals surface area contributed by atoms with Crippen LogP contribution in [0.1, 0.15) is 18.1 Å². The van der Waals surface area contributed by atoms with Gasteiger partial charge in [-0.3, -0.25) is 10.1 Å². The predicted octanol–water partition coefficient (Wildman–Crippen LogP) is 3.98. The minimum Gasteiger partial charge on any atom is -0.490 e. The third-order valence-corrected chi connectivity index (χ3v) is 5.06. The van der Waals surface area contributed by atoms with Crippen molar-refractivity contribution in [1.82, 2.24) is 5.32 Å². The van der Waals surface area contributed by atoms with Crippen molar-refractivity contribution in [2.24, 2.45) is 5.73 Å². The maximum absolute atomic E-state index is 11.9. The van der Waals surface area contributed by atoms with Gasteiger partial charge in [0.05, 0.1) is 10.2 Å². The van der Waals surface area contributed by atoms with Crippen LogP contribution < -0.4 is 20.5 Å². The SMILES string of the molecule is CCOc1cc(/C=C(/C#N)C(=O)NC(N)=O)cc(I)c1OCc1ccc(I)cc1. The molecule has 0 aliphatic rings. The van der Waals surface area contributed by atoms with Gasteiger partial charge in [-0.15, -0.1) is 0 Å². The molecule has 2 aromatic rings. The predicted molar refractivity (Wildman–Crippen MR) is 125 cm³/mol. The third-order valence-electron chi connectivity index (χ3n) is 3.54.